The van der Waals surface area contributed by atoms with Gasteiger partial charge in [0.2, 0.25) is 5.91 Å². The molecule has 0 aliphatic carbocycles. The maximum atomic E-state index is 12.6. The Morgan fingerprint density at radius 2 is 1.59 bits per heavy atom. The van der Waals surface area contributed by atoms with Crippen LogP contribution >= 0.6 is 0 Å². The van der Waals surface area contributed by atoms with Crippen LogP contribution in [0, 0.1) is 26.1 Å². The zero-order valence-electron chi connectivity index (χ0n) is 17.0. The third-order valence-electron chi connectivity index (χ3n) is 4.70. The van der Waals surface area contributed by atoms with Crippen LogP contribution in [-0.2, 0) is 4.79 Å². The average molecular weight is 408 g/mol. The molecule has 0 saturated heterocycles. The van der Waals surface area contributed by atoms with Crippen molar-refractivity contribution in [3.05, 3.63) is 44.0 Å². The third-order valence-corrected chi connectivity index (χ3v) is 4.70. The summed E-state index contributed by atoms with van der Waals surface area (Å²) in [7, 11) is 0. The summed E-state index contributed by atoms with van der Waals surface area (Å²) in [5, 5.41) is 27.4. The fraction of sp³-hybridized carbons (Fsp3) is 0.579. The van der Waals surface area contributed by atoms with E-state index in [9.17, 15) is 29.8 Å². The first kappa shape index (κ1) is 24.0. The van der Waals surface area contributed by atoms with Crippen LogP contribution in [0.1, 0.15) is 63.2 Å². The van der Waals surface area contributed by atoms with E-state index >= 15 is 0 Å². The molecule has 0 saturated carbocycles. The second-order valence-electron chi connectivity index (χ2n) is 6.94. The van der Waals surface area contributed by atoms with E-state index in [0.717, 1.165) is 43.9 Å². The molecule has 0 aliphatic rings. The Hall–Kier alpha value is -3.04. The number of nitro benzene ring substituents is 2. The maximum Gasteiger partial charge on any atom is 0.277 e. The summed E-state index contributed by atoms with van der Waals surface area (Å²) in [5.74, 6) is -1.31. The average Bonchev–Trinajstić information content (AvgIpc) is 2.70. The van der Waals surface area contributed by atoms with Crippen LogP contribution in [0.3, 0.4) is 0 Å². The molecule has 160 valence electrons. The summed E-state index contributed by atoms with van der Waals surface area (Å²) in [6, 6.07) is 1.85. The van der Waals surface area contributed by atoms with Gasteiger partial charge in [-0.25, -0.2) is 0 Å². The van der Waals surface area contributed by atoms with E-state index < -0.39 is 33.2 Å². The number of hydrogen-bond acceptors (Lipinski definition) is 6. The SMILES string of the molecule is CCCCCCNC(=O)[C@@H](NC(=O)c1cc([N+](=O)[O-])cc([N+](=O)[O-])c1)[C@@H](C)CC. The molecule has 0 unspecified atom stereocenters. The highest BCUT2D eigenvalue weighted by Crippen LogP contribution is 2.23. The standard InChI is InChI=1S/C19H28N4O6/c1-4-6-7-8-9-20-19(25)17(13(3)5-2)21-18(24)14-10-15(22(26)27)12-16(11-14)23(28)29/h10-13,17H,4-9H2,1-3H3,(H,20,25)(H,21,24)/t13-,17-/m0/s1. The van der Waals surface area contributed by atoms with Gasteiger partial charge in [0, 0.05) is 18.7 Å². The minimum absolute atomic E-state index is 0.191. The predicted molar refractivity (Wildman–Crippen MR) is 108 cm³/mol. The second-order valence-corrected chi connectivity index (χ2v) is 6.94. The lowest BCUT2D eigenvalue weighted by Gasteiger charge is -2.23. The summed E-state index contributed by atoms with van der Waals surface area (Å²) >= 11 is 0. The topological polar surface area (TPSA) is 144 Å². The van der Waals surface area contributed by atoms with Crippen molar-refractivity contribution >= 4 is 23.2 Å². The molecule has 0 radical (unpaired) electrons. The minimum Gasteiger partial charge on any atom is -0.354 e. The van der Waals surface area contributed by atoms with Gasteiger partial charge in [-0.05, 0) is 12.3 Å². The molecule has 0 heterocycles. The maximum absolute atomic E-state index is 12.6. The van der Waals surface area contributed by atoms with Crippen LogP contribution in [-0.4, -0.2) is 34.2 Å². The van der Waals surface area contributed by atoms with Crippen molar-refractivity contribution in [3.63, 3.8) is 0 Å². The minimum atomic E-state index is -0.850. The van der Waals surface area contributed by atoms with Crippen molar-refractivity contribution in [2.45, 2.75) is 58.9 Å². The van der Waals surface area contributed by atoms with Crippen molar-refractivity contribution in [1.29, 1.82) is 0 Å². The lowest BCUT2D eigenvalue weighted by Crippen LogP contribution is -2.50. The number of hydrogen-bond donors (Lipinski definition) is 2. The Morgan fingerprint density at radius 3 is 2.07 bits per heavy atom. The predicted octanol–water partition coefficient (Wildman–Crippen LogP) is 3.34. The van der Waals surface area contributed by atoms with Gasteiger partial charge in [-0.15, -0.1) is 0 Å². The highest BCUT2D eigenvalue weighted by Gasteiger charge is 2.27. The fourth-order valence-electron chi connectivity index (χ4n) is 2.74. The number of amides is 2. The van der Waals surface area contributed by atoms with Gasteiger partial charge in [-0.3, -0.25) is 29.8 Å². The zero-order valence-corrected chi connectivity index (χ0v) is 17.0. The van der Waals surface area contributed by atoms with Crippen LogP contribution in [0.5, 0.6) is 0 Å². The van der Waals surface area contributed by atoms with Gasteiger partial charge in [0.05, 0.1) is 21.5 Å². The number of benzene rings is 1. The summed E-state index contributed by atoms with van der Waals surface area (Å²) < 4.78 is 0. The highest BCUT2D eigenvalue weighted by atomic mass is 16.6. The number of nitro groups is 2. The van der Waals surface area contributed by atoms with Crippen molar-refractivity contribution in [2.24, 2.45) is 5.92 Å². The Kier molecular flexibility index (Phi) is 9.70. The van der Waals surface area contributed by atoms with E-state index in [1.807, 2.05) is 6.92 Å². The summed E-state index contributed by atoms with van der Waals surface area (Å²) in [6.45, 7) is 6.25. The molecule has 10 nitrogen and oxygen atoms in total. The van der Waals surface area contributed by atoms with E-state index in [4.69, 9.17) is 0 Å². The Balaban J connectivity index is 2.96. The van der Waals surface area contributed by atoms with E-state index in [0.29, 0.717) is 13.0 Å². The van der Waals surface area contributed by atoms with Gasteiger partial charge in [0.25, 0.3) is 17.3 Å². The number of rotatable bonds is 12. The van der Waals surface area contributed by atoms with Crippen molar-refractivity contribution < 1.29 is 19.4 Å². The first-order valence-electron chi connectivity index (χ1n) is 9.73. The van der Waals surface area contributed by atoms with Crippen LogP contribution in [0.25, 0.3) is 0 Å². The molecule has 2 N–H and O–H groups in total. The monoisotopic (exact) mass is 408 g/mol. The van der Waals surface area contributed by atoms with Crippen LogP contribution in [0.4, 0.5) is 11.4 Å². The molecule has 10 heteroatoms. The normalized spacial score (nSPS) is 12.7. The number of unbranched alkanes of at least 4 members (excludes halogenated alkanes) is 3. The van der Waals surface area contributed by atoms with Gasteiger partial charge in [-0.2, -0.15) is 0 Å². The fourth-order valence-corrected chi connectivity index (χ4v) is 2.74. The summed E-state index contributed by atoms with van der Waals surface area (Å²) in [4.78, 5) is 45.6. The van der Waals surface area contributed by atoms with E-state index in [1.165, 1.54) is 0 Å². The number of carbonyl (C=O) groups excluding carboxylic acids is 2. The Bertz CT molecular complexity index is 720. The second kappa shape index (κ2) is 11.7. The molecule has 1 aromatic carbocycles. The zero-order chi connectivity index (χ0) is 22.0. The van der Waals surface area contributed by atoms with Crippen molar-refractivity contribution in [1.82, 2.24) is 10.6 Å². The van der Waals surface area contributed by atoms with Gasteiger partial charge in [0.15, 0.2) is 0 Å². The molecule has 0 spiro atoms. The van der Waals surface area contributed by atoms with E-state index in [1.54, 1.807) is 6.92 Å². The molecule has 1 rings (SSSR count). The molecule has 0 aliphatic heterocycles. The molecular weight excluding hydrogens is 380 g/mol. The number of non-ortho nitro benzene ring substituents is 2. The van der Waals surface area contributed by atoms with Gasteiger partial charge < -0.3 is 10.6 Å². The number of nitrogens with one attached hydrogen (secondary N) is 2. The van der Waals surface area contributed by atoms with Crippen LogP contribution < -0.4 is 10.6 Å². The number of carbonyl (C=O) groups is 2. The lowest BCUT2D eigenvalue weighted by molar-refractivity contribution is -0.394. The van der Waals surface area contributed by atoms with Gasteiger partial charge in [0.1, 0.15) is 6.04 Å². The highest BCUT2D eigenvalue weighted by molar-refractivity contribution is 5.98. The molecule has 0 aromatic heterocycles. The summed E-state index contributed by atoms with van der Waals surface area (Å²) in [5.41, 5.74) is -1.37. The molecular formula is C19H28N4O6. The van der Waals surface area contributed by atoms with Crippen LogP contribution in [0.15, 0.2) is 18.2 Å². The lowest BCUT2D eigenvalue weighted by atomic mass is 9.97. The molecule has 0 bridgehead atoms. The van der Waals surface area contributed by atoms with E-state index in [2.05, 4.69) is 17.6 Å². The number of nitrogens with zero attached hydrogens (tertiary/aromatic N) is 2. The largest absolute Gasteiger partial charge is 0.354 e. The Labute approximate surface area is 169 Å². The van der Waals surface area contributed by atoms with Crippen LogP contribution in [0.2, 0.25) is 0 Å². The third kappa shape index (κ3) is 7.47. The molecule has 1 aromatic rings. The quantitative estimate of drug-likeness (QED) is 0.308. The van der Waals surface area contributed by atoms with Gasteiger partial charge in [-0.1, -0.05) is 46.5 Å². The first-order chi connectivity index (χ1) is 13.7. The van der Waals surface area contributed by atoms with Crippen molar-refractivity contribution in [2.75, 3.05) is 6.54 Å². The van der Waals surface area contributed by atoms with Crippen molar-refractivity contribution in [3.8, 4) is 0 Å². The molecule has 29 heavy (non-hydrogen) atoms. The van der Waals surface area contributed by atoms with E-state index in [-0.39, 0.29) is 17.4 Å². The molecule has 2 atom stereocenters. The molecule has 2 amide bonds. The summed E-state index contributed by atoms with van der Waals surface area (Å²) in [6.07, 6.45) is 4.59. The first-order valence-corrected chi connectivity index (χ1v) is 9.73. The smallest absolute Gasteiger partial charge is 0.277 e. The van der Waals surface area contributed by atoms with Gasteiger partial charge >= 0.3 is 0 Å². The molecule has 0 fully saturated rings. The Morgan fingerprint density at radius 1 is 1.00 bits per heavy atom.